The lowest BCUT2D eigenvalue weighted by molar-refractivity contribution is 0.0953. The van der Waals surface area contributed by atoms with Gasteiger partial charge in [0.25, 0.3) is 5.91 Å². The zero-order valence-electron chi connectivity index (χ0n) is 13.3. The van der Waals surface area contributed by atoms with Gasteiger partial charge in [0.2, 0.25) is 0 Å². The fourth-order valence-corrected chi connectivity index (χ4v) is 2.00. The van der Waals surface area contributed by atoms with Crippen molar-refractivity contribution in [1.82, 2.24) is 5.32 Å². The second-order valence-corrected chi connectivity index (χ2v) is 5.23. The first-order valence-electron chi connectivity index (χ1n) is 7.62. The van der Waals surface area contributed by atoms with Gasteiger partial charge in [-0.25, -0.2) is 0 Å². The van der Waals surface area contributed by atoms with Crippen molar-refractivity contribution in [3.8, 4) is 0 Å². The molecule has 0 aliphatic rings. The Morgan fingerprint density at radius 2 is 1.78 bits per heavy atom. The van der Waals surface area contributed by atoms with Crippen molar-refractivity contribution in [3.63, 3.8) is 0 Å². The molecule has 2 aromatic carbocycles. The number of benzene rings is 2. The first-order chi connectivity index (χ1) is 11.1. The maximum absolute atomic E-state index is 11.8. The summed E-state index contributed by atoms with van der Waals surface area (Å²) >= 11 is 0. The van der Waals surface area contributed by atoms with Crippen molar-refractivity contribution in [3.05, 3.63) is 65.7 Å². The second-order valence-electron chi connectivity index (χ2n) is 5.23. The van der Waals surface area contributed by atoms with Crippen LogP contribution in [0, 0.1) is 6.92 Å². The molecule has 0 spiro atoms. The van der Waals surface area contributed by atoms with E-state index in [1.807, 2.05) is 49.4 Å². The highest BCUT2D eigenvalue weighted by atomic mass is 16.1. The third-order valence-corrected chi connectivity index (χ3v) is 3.26. The number of carbonyl (C=O) groups is 1. The number of guanidine groups is 1. The van der Waals surface area contributed by atoms with E-state index in [4.69, 9.17) is 5.73 Å². The van der Waals surface area contributed by atoms with Crippen molar-refractivity contribution in [1.29, 1.82) is 0 Å². The van der Waals surface area contributed by atoms with Gasteiger partial charge in [0.15, 0.2) is 5.96 Å². The Labute approximate surface area is 136 Å². The summed E-state index contributed by atoms with van der Waals surface area (Å²) < 4.78 is 0. The van der Waals surface area contributed by atoms with Gasteiger partial charge in [-0.15, -0.1) is 0 Å². The molecular weight excluding hydrogens is 288 g/mol. The fraction of sp³-hybridized carbons (Fsp3) is 0.222. The smallest absolute Gasteiger partial charge is 0.251 e. The van der Waals surface area contributed by atoms with Crippen LogP contribution in [0.25, 0.3) is 0 Å². The molecule has 0 aliphatic heterocycles. The van der Waals surface area contributed by atoms with E-state index < -0.39 is 0 Å². The lowest BCUT2D eigenvalue weighted by Gasteiger charge is -2.06. The summed E-state index contributed by atoms with van der Waals surface area (Å²) in [5.74, 6) is 0.309. The van der Waals surface area contributed by atoms with E-state index in [0.717, 1.165) is 12.1 Å². The molecule has 0 radical (unpaired) electrons. The number of nitrogens with one attached hydrogen (secondary N) is 2. The van der Waals surface area contributed by atoms with Gasteiger partial charge in [-0.3, -0.25) is 9.79 Å². The van der Waals surface area contributed by atoms with E-state index in [-0.39, 0.29) is 5.91 Å². The second kappa shape index (κ2) is 8.58. The minimum absolute atomic E-state index is 0.0691. The number of carbonyl (C=O) groups excluding carboxylic acids is 1. The zero-order valence-corrected chi connectivity index (χ0v) is 13.3. The Morgan fingerprint density at radius 1 is 1.09 bits per heavy atom. The molecular formula is C18H22N4O. The number of anilines is 1. The molecule has 5 nitrogen and oxygen atoms in total. The minimum Gasteiger partial charge on any atom is -0.370 e. The van der Waals surface area contributed by atoms with Gasteiger partial charge in [0, 0.05) is 24.3 Å². The molecule has 5 heteroatoms. The van der Waals surface area contributed by atoms with Gasteiger partial charge in [0.1, 0.15) is 0 Å². The zero-order chi connectivity index (χ0) is 16.5. The van der Waals surface area contributed by atoms with E-state index in [9.17, 15) is 4.79 Å². The third kappa shape index (κ3) is 5.82. The lowest BCUT2D eigenvalue weighted by Crippen LogP contribution is -2.26. The van der Waals surface area contributed by atoms with Crippen LogP contribution in [-0.2, 0) is 0 Å². The molecule has 0 bridgehead atoms. The van der Waals surface area contributed by atoms with Crippen LogP contribution < -0.4 is 16.4 Å². The Balaban J connectivity index is 1.68. The number of aryl methyl sites for hydroxylation is 1. The molecule has 0 aromatic heterocycles. The van der Waals surface area contributed by atoms with Crippen LogP contribution in [0.3, 0.4) is 0 Å². The van der Waals surface area contributed by atoms with Crippen LogP contribution in [0.4, 0.5) is 5.69 Å². The highest BCUT2D eigenvalue weighted by Crippen LogP contribution is 2.07. The Kier molecular flexibility index (Phi) is 6.17. The fourth-order valence-electron chi connectivity index (χ4n) is 2.00. The minimum atomic E-state index is -0.0691. The normalized spacial score (nSPS) is 11.1. The summed E-state index contributed by atoms with van der Waals surface area (Å²) in [6.07, 6.45) is 0.731. The summed E-state index contributed by atoms with van der Waals surface area (Å²) in [6, 6.07) is 17.1. The monoisotopic (exact) mass is 310 g/mol. The summed E-state index contributed by atoms with van der Waals surface area (Å²) in [6.45, 7) is 3.15. The molecule has 0 heterocycles. The molecule has 0 aliphatic carbocycles. The first-order valence-corrected chi connectivity index (χ1v) is 7.62. The summed E-state index contributed by atoms with van der Waals surface area (Å²) in [5.41, 5.74) is 8.60. The van der Waals surface area contributed by atoms with Gasteiger partial charge >= 0.3 is 0 Å². The Hall–Kier alpha value is -2.82. The predicted octanol–water partition coefficient (Wildman–Crippen LogP) is 2.54. The van der Waals surface area contributed by atoms with Crippen LogP contribution in [0.2, 0.25) is 0 Å². The van der Waals surface area contributed by atoms with E-state index in [0.29, 0.717) is 24.6 Å². The van der Waals surface area contributed by atoms with Gasteiger partial charge in [-0.1, -0.05) is 35.9 Å². The van der Waals surface area contributed by atoms with E-state index >= 15 is 0 Å². The van der Waals surface area contributed by atoms with Gasteiger partial charge in [-0.05, 0) is 37.6 Å². The summed E-state index contributed by atoms with van der Waals surface area (Å²) in [4.78, 5) is 16.1. The number of nitrogens with zero attached hydrogens (tertiary/aromatic N) is 1. The van der Waals surface area contributed by atoms with Crippen LogP contribution >= 0.6 is 0 Å². The van der Waals surface area contributed by atoms with Crippen molar-refractivity contribution < 1.29 is 4.79 Å². The maximum atomic E-state index is 11.8. The molecule has 0 unspecified atom stereocenters. The number of hydrogen-bond donors (Lipinski definition) is 3. The molecule has 2 aromatic rings. The average Bonchev–Trinajstić information content (AvgIpc) is 2.57. The number of hydrogen-bond acceptors (Lipinski definition) is 2. The van der Waals surface area contributed by atoms with E-state index in [2.05, 4.69) is 15.6 Å². The topological polar surface area (TPSA) is 79.5 Å². The van der Waals surface area contributed by atoms with Crippen molar-refractivity contribution in [2.24, 2.45) is 10.7 Å². The quantitative estimate of drug-likeness (QED) is 0.436. The summed E-state index contributed by atoms with van der Waals surface area (Å²) in [5, 5.41) is 5.89. The maximum Gasteiger partial charge on any atom is 0.251 e. The van der Waals surface area contributed by atoms with Crippen molar-refractivity contribution in [2.75, 3.05) is 18.4 Å². The number of aliphatic imine (C=N–C) groups is 1. The molecule has 4 N–H and O–H groups in total. The van der Waals surface area contributed by atoms with Crippen molar-refractivity contribution in [2.45, 2.75) is 13.3 Å². The van der Waals surface area contributed by atoms with Crippen LogP contribution in [-0.4, -0.2) is 25.0 Å². The molecule has 0 atom stereocenters. The SMILES string of the molecule is Cc1ccc(NC(N)=NCCCNC(=O)c2ccccc2)cc1. The molecule has 0 saturated heterocycles. The molecule has 120 valence electrons. The summed E-state index contributed by atoms with van der Waals surface area (Å²) in [7, 11) is 0. The molecule has 1 amide bonds. The van der Waals surface area contributed by atoms with Crippen molar-refractivity contribution >= 4 is 17.6 Å². The van der Waals surface area contributed by atoms with Gasteiger partial charge < -0.3 is 16.4 Å². The average molecular weight is 310 g/mol. The molecule has 0 fully saturated rings. The van der Waals surface area contributed by atoms with Crippen LogP contribution in [0.1, 0.15) is 22.3 Å². The molecule has 2 rings (SSSR count). The number of nitrogens with two attached hydrogens (primary N) is 1. The van der Waals surface area contributed by atoms with Gasteiger partial charge in [-0.2, -0.15) is 0 Å². The Morgan fingerprint density at radius 3 is 2.48 bits per heavy atom. The number of rotatable bonds is 6. The third-order valence-electron chi connectivity index (χ3n) is 3.26. The predicted molar refractivity (Wildman–Crippen MR) is 94.7 cm³/mol. The number of amides is 1. The van der Waals surface area contributed by atoms with Crippen LogP contribution in [0.5, 0.6) is 0 Å². The van der Waals surface area contributed by atoms with E-state index in [1.54, 1.807) is 12.1 Å². The molecule has 23 heavy (non-hydrogen) atoms. The van der Waals surface area contributed by atoms with Crippen LogP contribution in [0.15, 0.2) is 59.6 Å². The lowest BCUT2D eigenvalue weighted by atomic mass is 10.2. The highest BCUT2D eigenvalue weighted by Gasteiger charge is 2.02. The molecule has 0 saturated carbocycles. The first kappa shape index (κ1) is 16.5. The van der Waals surface area contributed by atoms with Gasteiger partial charge in [0.05, 0.1) is 0 Å². The highest BCUT2D eigenvalue weighted by molar-refractivity contribution is 5.94. The largest absolute Gasteiger partial charge is 0.370 e. The van der Waals surface area contributed by atoms with E-state index in [1.165, 1.54) is 5.56 Å². The Bertz CT molecular complexity index is 650. The standard InChI is InChI=1S/C18H22N4O/c1-14-8-10-16(11-9-14)22-18(19)21-13-5-12-20-17(23)15-6-3-2-4-7-15/h2-4,6-11H,5,12-13H2,1H3,(H,20,23)(H3,19,21,22).